The Kier molecular flexibility index (Phi) is 4.47. The number of piperazine rings is 1. The Morgan fingerprint density at radius 2 is 1.90 bits per heavy atom. The van der Waals surface area contributed by atoms with Crippen LogP contribution >= 0.6 is 0 Å². The highest BCUT2D eigenvalue weighted by molar-refractivity contribution is 5.86. The maximum Gasteiger partial charge on any atom is 0.240 e. The maximum atomic E-state index is 12.4. The summed E-state index contributed by atoms with van der Waals surface area (Å²) in [5.41, 5.74) is 3.29. The van der Waals surface area contributed by atoms with Gasteiger partial charge in [0.25, 0.3) is 0 Å². The first-order chi connectivity index (χ1) is 14.5. The number of aromatic nitrogens is 2. The van der Waals surface area contributed by atoms with Crippen LogP contribution < -0.4 is 14.8 Å². The largest absolute Gasteiger partial charge is 0.454 e. The first-order valence-electron chi connectivity index (χ1n) is 10.1. The summed E-state index contributed by atoms with van der Waals surface area (Å²) in [4.78, 5) is 14.6. The molecule has 7 nitrogen and oxygen atoms in total. The van der Waals surface area contributed by atoms with Crippen molar-refractivity contribution in [1.82, 2.24) is 20.0 Å². The molecule has 7 heteroatoms. The van der Waals surface area contributed by atoms with Crippen molar-refractivity contribution in [2.75, 3.05) is 19.9 Å². The van der Waals surface area contributed by atoms with Gasteiger partial charge in [-0.3, -0.25) is 9.69 Å². The van der Waals surface area contributed by atoms with Gasteiger partial charge in [-0.25, -0.2) is 4.68 Å². The van der Waals surface area contributed by atoms with Crippen LogP contribution in [0.25, 0.3) is 16.9 Å². The molecule has 3 heterocycles. The molecule has 154 valence electrons. The summed E-state index contributed by atoms with van der Waals surface area (Å²) in [6.07, 6.45) is 2.05. The quantitative estimate of drug-likeness (QED) is 0.724. The van der Waals surface area contributed by atoms with Gasteiger partial charge < -0.3 is 14.8 Å². The Hall–Kier alpha value is -3.32. The van der Waals surface area contributed by atoms with Crippen molar-refractivity contribution in [3.63, 3.8) is 0 Å². The average molecular weight is 404 g/mol. The minimum absolute atomic E-state index is 0.0498. The number of nitrogens with zero attached hydrogens (tertiary/aromatic N) is 3. The molecule has 1 amide bonds. The van der Waals surface area contributed by atoms with Gasteiger partial charge in [0.05, 0.1) is 16.9 Å². The highest BCUT2D eigenvalue weighted by Gasteiger charge is 2.38. The summed E-state index contributed by atoms with van der Waals surface area (Å²) in [7, 11) is 0. The second-order valence-corrected chi connectivity index (χ2v) is 8.09. The third kappa shape index (κ3) is 3.21. The molecule has 1 N–H and O–H groups in total. The molecular formula is C23H24N4O3. The van der Waals surface area contributed by atoms with Crippen LogP contribution in [0.2, 0.25) is 0 Å². The summed E-state index contributed by atoms with van der Waals surface area (Å²) in [5.74, 6) is 1.52. The van der Waals surface area contributed by atoms with Crippen LogP contribution in [0, 0.1) is 0 Å². The van der Waals surface area contributed by atoms with Gasteiger partial charge in [-0.15, -0.1) is 0 Å². The summed E-state index contributed by atoms with van der Waals surface area (Å²) in [6, 6.07) is 15.9. The van der Waals surface area contributed by atoms with E-state index in [1.807, 2.05) is 67.1 Å². The summed E-state index contributed by atoms with van der Waals surface area (Å²) in [5, 5.41) is 7.86. The molecule has 0 radical (unpaired) electrons. The molecule has 0 atom stereocenters. The molecule has 0 bridgehead atoms. The molecule has 0 spiro atoms. The van der Waals surface area contributed by atoms with Gasteiger partial charge >= 0.3 is 0 Å². The topological polar surface area (TPSA) is 68.6 Å². The van der Waals surface area contributed by atoms with E-state index in [2.05, 4.69) is 16.4 Å². The fourth-order valence-corrected chi connectivity index (χ4v) is 3.95. The van der Waals surface area contributed by atoms with Crippen LogP contribution in [0.5, 0.6) is 11.5 Å². The van der Waals surface area contributed by atoms with E-state index in [0.717, 1.165) is 40.6 Å². The maximum absolute atomic E-state index is 12.4. The van der Waals surface area contributed by atoms with Crippen molar-refractivity contribution in [2.45, 2.75) is 25.9 Å². The Labute approximate surface area is 175 Å². The van der Waals surface area contributed by atoms with Crippen LogP contribution in [0.4, 0.5) is 0 Å². The molecule has 3 aromatic rings. The molecule has 0 saturated carbocycles. The first-order valence-corrected chi connectivity index (χ1v) is 10.1. The molecule has 0 unspecified atom stereocenters. The zero-order valence-electron chi connectivity index (χ0n) is 17.1. The number of hydrogen-bond acceptors (Lipinski definition) is 5. The van der Waals surface area contributed by atoms with Crippen molar-refractivity contribution in [2.24, 2.45) is 0 Å². The van der Waals surface area contributed by atoms with E-state index < -0.39 is 5.54 Å². The van der Waals surface area contributed by atoms with Crippen LogP contribution in [-0.2, 0) is 11.3 Å². The van der Waals surface area contributed by atoms with E-state index in [9.17, 15) is 4.79 Å². The van der Waals surface area contributed by atoms with Gasteiger partial charge in [0.15, 0.2) is 11.5 Å². The molecule has 1 aromatic heterocycles. The van der Waals surface area contributed by atoms with Crippen LogP contribution in [0.15, 0.2) is 54.7 Å². The Morgan fingerprint density at radius 1 is 1.10 bits per heavy atom. The number of amides is 1. The molecule has 1 saturated heterocycles. The minimum atomic E-state index is -0.584. The summed E-state index contributed by atoms with van der Waals surface area (Å²) < 4.78 is 12.9. The zero-order chi connectivity index (χ0) is 20.7. The Morgan fingerprint density at radius 3 is 2.73 bits per heavy atom. The van der Waals surface area contributed by atoms with Crippen LogP contribution in [0.3, 0.4) is 0 Å². The normalized spacial score (nSPS) is 17.7. The molecule has 30 heavy (non-hydrogen) atoms. The molecule has 5 rings (SSSR count). The third-order valence-corrected chi connectivity index (χ3v) is 5.83. The minimum Gasteiger partial charge on any atom is -0.454 e. The van der Waals surface area contributed by atoms with Gasteiger partial charge in [-0.1, -0.05) is 18.2 Å². The highest BCUT2D eigenvalue weighted by Crippen LogP contribution is 2.37. The molecule has 0 aliphatic carbocycles. The lowest BCUT2D eigenvalue weighted by Crippen LogP contribution is -2.61. The molecular weight excluding hydrogens is 380 g/mol. The number of carbonyl (C=O) groups is 1. The van der Waals surface area contributed by atoms with Gasteiger partial charge in [0, 0.05) is 37.0 Å². The van der Waals surface area contributed by atoms with E-state index in [1.165, 1.54) is 0 Å². The van der Waals surface area contributed by atoms with E-state index in [1.54, 1.807) is 0 Å². The number of fused-ring (bicyclic) bond motifs is 1. The molecule has 2 aliphatic rings. The average Bonchev–Trinajstić information content (AvgIpc) is 3.39. The van der Waals surface area contributed by atoms with Gasteiger partial charge in [0.2, 0.25) is 12.7 Å². The van der Waals surface area contributed by atoms with Crippen LogP contribution in [-0.4, -0.2) is 46.0 Å². The monoisotopic (exact) mass is 404 g/mol. The van der Waals surface area contributed by atoms with Gasteiger partial charge in [-0.05, 0) is 44.2 Å². The van der Waals surface area contributed by atoms with Crippen LogP contribution in [0.1, 0.15) is 19.4 Å². The lowest BCUT2D eigenvalue weighted by Gasteiger charge is -2.41. The second-order valence-electron chi connectivity index (χ2n) is 8.09. The number of nitrogens with one attached hydrogen (secondary N) is 1. The lowest BCUT2D eigenvalue weighted by atomic mass is 9.97. The number of ether oxygens (including phenoxy) is 2. The standard InChI is InChI=1S/C23H24N4O3/c1-23(2)22(28)24-10-11-26(23)13-17-14-27(18-6-4-3-5-7-18)25-21(17)16-8-9-19-20(12-16)30-15-29-19/h3-9,12,14H,10-11,13,15H2,1-2H3,(H,24,28). The van der Waals surface area contributed by atoms with Gasteiger partial charge in [-0.2, -0.15) is 5.10 Å². The van der Waals surface area contributed by atoms with Crippen molar-refractivity contribution < 1.29 is 14.3 Å². The van der Waals surface area contributed by atoms with E-state index in [4.69, 9.17) is 14.6 Å². The summed E-state index contributed by atoms with van der Waals surface area (Å²) in [6.45, 7) is 6.22. The van der Waals surface area contributed by atoms with Crippen molar-refractivity contribution in [3.8, 4) is 28.4 Å². The second kappa shape index (κ2) is 7.18. The first kappa shape index (κ1) is 18.7. The Balaban J connectivity index is 1.57. The smallest absolute Gasteiger partial charge is 0.240 e. The van der Waals surface area contributed by atoms with Crippen molar-refractivity contribution in [1.29, 1.82) is 0 Å². The molecule has 1 fully saturated rings. The zero-order valence-corrected chi connectivity index (χ0v) is 17.1. The number of rotatable bonds is 4. The van der Waals surface area contributed by atoms with Gasteiger partial charge in [0.1, 0.15) is 0 Å². The SMILES string of the molecule is CC1(C)C(=O)NCCN1Cc1cn(-c2ccccc2)nc1-c1ccc2c(c1)OCO2. The fourth-order valence-electron chi connectivity index (χ4n) is 3.95. The van der Waals surface area contributed by atoms with E-state index in [0.29, 0.717) is 13.1 Å². The summed E-state index contributed by atoms with van der Waals surface area (Å²) >= 11 is 0. The highest BCUT2D eigenvalue weighted by atomic mass is 16.7. The fraction of sp³-hybridized carbons (Fsp3) is 0.304. The number of carbonyl (C=O) groups excluding carboxylic acids is 1. The predicted molar refractivity (Wildman–Crippen MR) is 113 cm³/mol. The number of benzene rings is 2. The Bertz CT molecular complexity index is 1090. The lowest BCUT2D eigenvalue weighted by molar-refractivity contribution is -0.135. The molecule has 2 aliphatic heterocycles. The van der Waals surface area contributed by atoms with Crippen molar-refractivity contribution in [3.05, 3.63) is 60.3 Å². The third-order valence-electron chi connectivity index (χ3n) is 5.83. The molecule has 2 aromatic carbocycles. The predicted octanol–water partition coefficient (Wildman–Crippen LogP) is 2.98. The van der Waals surface area contributed by atoms with E-state index in [-0.39, 0.29) is 12.7 Å². The van der Waals surface area contributed by atoms with E-state index >= 15 is 0 Å². The number of para-hydroxylation sites is 1. The van der Waals surface area contributed by atoms with Crippen molar-refractivity contribution >= 4 is 5.91 Å². The number of hydrogen-bond donors (Lipinski definition) is 1.